The second-order valence-electron chi connectivity index (χ2n) is 6.02. The van der Waals surface area contributed by atoms with Gasteiger partial charge in [0.15, 0.2) is 6.61 Å². The highest BCUT2D eigenvalue weighted by Gasteiger charge is 2.05. The molecule has 2 aromatic carbocycles. The van der Waals surface area contributed by atoms with E-state index < -0.39 is 0 Å². The monoisotopic (exact) mass is 369 g/mol. The van der Waals surface area contributed by atoms with Crippen molar-refractivity contribution in [3.8, 4) is 11.5 Å². The summed E-state index contributed by atoms with van der Waals surface area (Å²) in [6.45, 7) is 3.48. The van der Waals surface area contributed by atoms with E-state index in [4.69, 9.17) is 9.47 Å². The molecule has 0 heterocycles. The maximum absolute atomic E-state index is 11.9. The van der Waals surface area contributed by atoms with Gasteiger partial charge in [0, 0.05) is 11.6 Å². The minimum Gasteiger partial charge on any atom is -0.497 e. The summed E-state index contributed by atoms with van der Waals surface area (Å²) >= 11 is 0. The molecule has 2 rings (SSSR count). The standard InChI is InChI=1S/C20H23N3O4/c1-14(2)20(25)23-21-12-15-4-8-18(9-5-15)27-13-19(24)22-16-6-10-17(26-3)11-7-16/h4-12,14H,13H2,1-3H3,(H,22,24)(H,23,25)/b21-12+. The fourth-order valence-electron chi connectivity index (χ4n) is 1.97. The number of hydrogen-bond donors (Lipinski definition) is 2. The number of nitrogens with one attached hydrogen (secondary N) is 2. The molecule has 0 aromatic heterocycles. The van der Waals surface area contributed by atoms with Crippen molar-refractivity contribution in [2.75, 3.05) is 19.0 Å². The maximum atomic E-state index is 11.9. The highest BCUT2D eigenvalue weighted by molar-refractivity contribution is 5.92. The molecule has 0 spiro atoms. The van der Waals surface area contributed by atoms with Crippen LogP contribution in [0.2, 0.25) is 0 Å². The molecule has 0 unspecified atom stereocenters. The molecule has 2 amide bonds. The van der Waals surface area contributed by atoms with Gasteiger partial charge in [-0.2, -0.15) is 5.10 Å². The van der Waals surface area contributed by atoms with Gasteiger partial charge in [0.25, 0.3) is 5.91 Å². The first-order valence-corrected chi connectivity index (χ1v) is 8.47. The molecule has 7 heteroatoms. The van der Waals surface area contributed by atoms with Crippen LogP contribution in [0.4, 0.5) is 5.69 Å². The number of rotatable bonds is 8. The number of ether oxygens (including phenoxy) is 2. The molecule has 0 radical (unpaired) electrons. The Morgan fingerprint density at radius 3 is 2.26 bits per heavy atom. The van der Waals surface area contributed by atoms with Gasteiger partial charge in [0.1, 0.15) is 11.5 Å². The third-order valence-corrected chi connectivity index (χ3v) is 3.54. The Balaban J connectivity index is 1.79. The SMILES string of the molecule is COc1ccc(NC(=O)COc2ccc(/C=N/NC(=O)C(C)C)cc2)cc1. The van der Waals surface area contributed by atoms with Crippen LogP contribution in [0.15, 0.2) is 53.6 Å². The Labute approximate surface area is 158 Å². The van der Waals surface area contributed by atoms with E-state index >= 15 is 0 Å². The van der Waals surface area contributed by atoms with E-state index in [9.17, 15) is 9.59 Å². The predicted octanol–water partition coefficient (Wildman–Crippen LogP) is 2.82. The topological polar surface area (TPSA) is 89.0 Å². The lowest BCUT2D eigenvalue weighted by atomic mass is 10.2. The van der Waals surface area contributed by atoms with Gasteiger partial charge in [-0.05, 0) is 54.1 Å². The van der Waals surface area contributed by atoms with Crippen molar-refractivity contribution in [3.63, 3.8) is 0 Å². The van der Waals surface area contributed by atoms with Crippen molar-refractivity contribution in [2.24, 2.45) is 11.0 Å². The fourth-order valence-corrected chi connectivity index (χ4v) is 1.97. The van der Waals surface area contributed by atoms with Crippen LogP contribution in [0, 0.1) is 5.92 Å². The van der Waals surface area contributed by atoms with E-state index in [-0.39, 0.29) is 24.3 Å². The minimum atomic E-state index is -0.262. The van der Waals surface area contributed by atoms with Crippen LogP contribution in [0.1, 0.15) is 19.4 Å². The molecule has 0 aliphatic heterocycles. The van der Waals surface area contributed by atoms with Crippen LogP contribution in [0.5, 0.6) is 11.5 Å². The van der Waals surface area contributed by atoms with Crippen LogP contribution in [0.3, 0.4) is 0 Å². The number of carbonyl (C=O) groups excluding carboxylic acids is 2. The van der Waals surface area contributed by atoms with Crippen molar-refractivity contribution < 1.29 is 19.1 Å². The number of hydrazone groups is 1. The molecular formula is C20H23N3O4. The number of anilines is 1. The second kappa shape index (κ2) is 9.96. The molecule has 0 saturated heterocycles. The summed E-state index contributed by atoms with van der Waals surface area (Å²) in [6.07, 6.45) is 1.54. The summed E-state index contributed by atoms with van der Waals surface area (Å²) in [5.74, 6) is 0.748. The van der Waals surface area contributed by atoms with Gasteiger partial charge >= 0.3 is 0 Å². The zero-order chi connectivity index (χ0) is 19.6. The summed E-state index contributed by atoms with van der Waals surface area (Å²) in [7, 11) is 1.58. The molecule has 0 saturated carbocycles. The minimum absolute atomic E-state index is 0.107. The lowest BCUT2D eigenvalue weighted by Gasteiger charge is -2.08. The average Bonchev–Trinajstić information content (AvgIpc) is 2.67. The quantitative estimate of drug-likeness (QED) is 0.553. The third-order valence-electron chi connectivity index (χ3n) is 3.54. The van der Waals surface area contributed by atoms with Crippen LogP contribution >= 0.6 is 0 Å². The average molecular weight is 369 g/mol. The lowest BCUT2D eigenvalue weighted by molar-refractivity contribution is -0.124. The predicted molar refractivity (Wildman–Crippen MR) is 104 cm³/mol. The summed E-state index contributed by atoms with van der Waals surface area (Å²) in [4.78, 5) is 23.3. The summed E-state index contributed by atoms with van der Waals surface area (Å²) in [5.41, 5.74) is 3.92. The summed E-state index contributed by atoms with van der Waals surface area (Å²) < 4.78 is 10.5. The molecular weight excluding hydrogens is 346 g/mol. The molecule has 2 N–H and O–H groups in total. The van der Waals surface area contributed by atoms with Crippen LogP contribution in [-0.4, -0.2) is 31.7 Å². The van der Waals surface area contributed by atoms with Gasteiger partial charge in [0.2, 0.25) is 5.91 Å². The number of carbonyl (C=O) groups is 2. The Bertz CT molecular complexity index is 784. The van der Waals surface area contributed by atoms with Crippen molar-refractivity contribution in [2.45, 2.75) is 13.8 Å². The van der Waals surface area contributed by atoms with Gasteiger partial charge in [0.05, 0.1) is 13.3 Å². The molecule has 27 heavy (non-hydrogen) atoms. The van der Waals surface area contributed by atoms with Crippen molar-refractivity contribution >= 4 is 23.7 Å². The van der Waals surface area contributed by atoms with Gasteiger partial charge in [-0.1, -0.05) is 13.8 Å². The molecule has 0 atom stereocenters. The van der Waals surface area contributed by atoms with Crippen LogP contribution in [-0.2, 0) is 9.59 Å². The number of hydrogen-bond acceptors (Lipinski definition) is 5. The Hall–Kier alpha value is -3.35. The molecule has 0 bridgehead atoms. The maximum Gasteiger partial charge on any atom is 0.262 e. The smallest absolute Gasteiger partial charge is 0.262 e. The zero-order valence-electron chi connectivity index (χ0n) is 15.6. The van der Waals surface area contributed by atoms with Crippen LogP contribution in [0.25, 0.3) is 0 Å². The van der Waals surface area contributed by atoms with Gasteiger partial charge in [-0.3, -0.25) is 9.59 Å². The van der Waals surface area contributed by atoms with E-state index in [2.05, 4.69) is 15.8 Å². The van der Waals surface area contributed by atoms with Crippen LogP contribution < -0.4 is 20.2 Å². The van der Waals surface area contributed by atoms with Gasteiger partial charge < -0.3 is 14.8 Å². The number of nitrogens with zero attached hydrogens (tertiary/aromatic N) is 1. The number of benzene rings is 2. The van der Waals surface area contributed by atoms with E-state index in [1.54, 1.807) is 75.7 Å². The van der Waals surface area contributed by atoms with Crippen molar-refractivity contribution in [3.05, 3.63) is 54.1 Å². The largest absolute Gasteiger partial charge is 0.497 e. The third kappa shape index (κ3) is 6.81. The van der Waals surface area contributed by atoms with Crippen molar-refractivity contribution in [1.82, 2.24) is 5.43 Å². The molecule has 0 aliphatic carbocycles. The van der Waals surface area contributed by atoms with E-state index in [1.165, 1.54) is 0 Å². The summed E-state index contributed by atoms with van der Waals surface area (Å²) in [6, 6.07) is 14.1. The Morgan fingerprint density at radius 2 is 1.67 bits per heavy atom. The highest BCUT2D eigenvalue weighted by Crippen LogP contribution is 2.15. The molecule has 0 aliphatic rings. The lowest BCUT2D eigenvalue weighted by Crippen LogP contribution is -2.22. The first-order chi connectivity index (χ1) is 13.0. The van der Waals surface area contributed by atoms with Gasteiger partial charge in [-0.15, -0.1) is 0 Å². The molecule has 0 fully saturated rings. The second-order valence-corrected chi connectivity index (χ2v) is 6.02. The first kappa shape index (κ1) is 20.0. The van der Waals surface area contributed by atoms with E-state index in [1.807, 2.05) is 0 Å². The molecule has 7 nitrogen and oxygen atoms in total. The zero-order valence-corrected chi connectivity index (χ0v) is 15.6. The van der Waals surface area contributed by atoms with Gasteiger partial charge in [-0.25, -0.2) is 5.43 Å². The Morgan fingerprint density at radius 1 is 1.04 bits per heavy atom. The van der Waals surface area contributed by atoms with E-state index in [0.29, 0.717) is 11.4 Å². The molecule has 2 aromatic rings. The number of amides is 2. The fraction of sp³-hybridized carbons (Fsp3) is 0.250. The highest BCUT2D eigenvalue weighted by atomic mass is 16.5. The molecule has 142 valence electrons. The first-order valence-electron chi connectivity index (χ1n) is 8.47. The number of methoxy groups -OCH3 is 1. The Kier molecular flexibility index (Phi) is 7.37. The summed E-state index contributed by atoms with van der Waals surface area (Å²) in [5, 5.41) is 6.63. The normalized spacial score (nSPS) is 10.7. The van der Waals surface area contributed by atoms with E-state index in [0.717, 1.165) is 11.3 Å². The van der Waals surface area contributed by atoms with Crippen molar-refractivity contribution in [1.29, 1.82) is 0 Å².